The van der Waals surface area contributed by atoms with Gasteiger partial charge in [-0.3, -0.25) is 4.79 Å². The molecule has 1 aliphatic carbocycles. The highest BCUT2D eigenvalue weighted by Crippen LogP contribution is 2.49. The van der Waals surface area contributed by atoms with Crippen LogP contribution in [0.15, 0.2) is 42.5 Å². The van der Waals surface area contributed by atoms with Gasteiger partial charge in [0.2, 0.25) is 5.91 Å². The van der Waals surface area contributed by atoms with Crippen LogP contribution in [-0.4, -0.2) is 5.91 Å². The quantitative estimate of drug-likeness (QED) is 0.869. The average Bonchev–Trinajstić information content (AvgIpc) is 3.28. The first-order chi connectivity index (χ1) is 11.0. The van der Waals surface area contributed by atoms with Crippen molar-refractivity contribution >= 4 is 17.5 Å². The van der Waals surface area contributed by atoms with E-state index in [-0.39, 0.29) is 23.3 Å². The van der Waals surface area contributed by atoms with Crippen LogP contribution in [0.5, 0.6) is 0 Å². The van der Waals surface area contributed by atoms with Crippen LogP contribution < -0.4 is 5.32 Å². The Labute approximate surface area is 138 Å². The van der Waals surface area contributed by atoms with Gasteiger partial charge in [0.05, 0.1) is 6.04 Å². The van der Waals surface area contributed by atoms with Crippen molar-refractivity contribution in [3.63, 3.8) is 0 Å². The molecule has 1 N–H and O–H groups in total. The lowest BCUT2D eigenvalue weighted by atomic mass is 10.1. The molecule has 0 spiro atoms. The molecule has 0 radical (unpaired) electrons. The Hall–Kier alpha value is -1.94. The van der Waals surface area contributed by atoms with Gasteiger partial charge in [0.1, 0.15) is 11.6 Å². The zero-order valence-electron chi connectivity index (χ0n) is 12.5. The molecule has 0 aromatic heterocycles. The first kappa shape index (κ1) is 15.9. The number of carbonyl (C=O) groups excluding carboxylic acids is 1. The fraction of sp³-hybridized carbons (Fsp3) is 0.278. The first-order valence-corrected chi connectivity index (χ1v) is 7.85. The molecule has 1 amide bonds. The second-order valence-electron chi connectivity index (χ2n) is 5.87. The average molecular weight is 336 g/mol. The third kappa shape index (κ3) is 3.37. The van der Waals surface area contributed by atoms with E-state index in [2.05, 4.69) is 5.32 Å². The maximum absolute atomic E-state index is 13.8. The summed E-state index contributed by atoms with van der Waals surface area (Å²) in [6, 6.07) is 10.3. The topological polar surface area (TPSA) is 29.1 Å². The molecule has 5 heteroatoms. The van der Waals surface area contributed by atoms with Gasteiger partial charge in [0.25, 0.3) is 0 Å². The van der Waals surface area contributed by atoms with E-state index in [1.807, 2.05) is 18.2 Å². The molecule has 3 rings (SSSR count). The van der Waals surface area contributed by atoms with Crippen molar-refractivity contribution in [2.24, 2.45) is 5.92 Å². The minimum absolute atomic E-state index is 0.106. The predicted octanol–water partition coefficient (Wildman–Crippen LogP) is 4.60. The Morgan fingerprint density at radius 3 is 2.70 bits per heavy atom. The van der Waals surface area contributed by atoms with E-state index in [1.54, 1.807) is 13.0 Å². The molecule has 23 heavy (non-hydrogen) atoms. The predicted molar refractivity (Wildman–Crippen MR) is 85.2 cm³/mol. The highest BCUT2D eigenvalue weighted by molar-refractivity contribution is 6.31. The number of rotatable bonds is 4. The van der Waals surface area contributed by atoms with Crippen LogP contribution in [0, 0.1) is 17.6 Å². The fourth-order valence-corrected chi connectivity index (χ4v) is 3.13. The molecule has 120 valence electrons. The van der Waals surface area contributed by atoms with Crippen molar-refractivity contribution in [2.75, 3.05) is 0 Å². The highest BCUT2D eigenvalue weighted by Gasteiger charge is 2.45. The van der Waals surface area contributed by atoms with E-state index in [0.29, 0.717) is 5.02 Å². The lowest BCUT2D eigenvalue weighted by molar-refractivity contribution is -0.123. The number of amides is 1. The van der Waals surface area contributed by atoms with E-state index in [0.717, 1.165) is 18.1 Å². The Morgan fingerprint density at radius 1 is 1.26 bits per heavy atom. The van der Waals surface area contributed by atoms with E-state index in [1.165, 1.54) is 12.1 Å². The highest BCUT2D eigenvalue weighted by atomic mass is 35.5. The van der Waals surface area contributed by atoms with Crippen molar-refractivity contribution in [1.29, 1.82) is 0 Å². The summed E-state index contributed by atoms with van der Waals surface area (Å²) in [5.41, 5.74) is 1.24. The number of carbonyl (C=O) groups is 1. The van der Waals surface area contributed by atoms with Crippen molar-refractivity contribution < 1.29 is 13.6 Å². The summed E-state index contributed by atoms with van der Waals surface area (Å²) >= 11 is 6.15. The maximum Gasteiger partial charge on any atom is 0.224 e. The van der Waals surface area contributed by atoms with Crippen LogP contribution in [0.3, 0.4) is 0 Å². The van der Waals surface area contributed by atoms with E-state index < -0.39 is 17.7 Å². The zero-order chi connectivity index (χ0) is 16.6. The van der Waals surface area contributed by atoms with Crippen LogP contribution in [0.2, 0.25) is 5.02 Å². The van der Waals surface area contributed by atoms with Gasteiger partial charge in [-0.2, -0.15) is 0 Å². The number of halogens is 3. The number of benzene rings is 2. The third-order valence-electron chi connectivity index (χ3n) is 4.22. The van der Waals surface area contributed by atoms with E-state index >= 15 is 0 Å². The monoisotopic (exact) mass is 335 g/mol. The Bertz CT molecular complexity index is 750. The molecule has 3 unspecified atom stereocenters. The second-order valence-corrected chi connectivity index (χ2v) is 6.27. The number of nitrogens with one attached hydrogen (secondary N) is 1. The summed E-state index contributed by atoms with van der Waals surface area (Å²) in [7, 11) is 0. The van der Waals surface area contributed by atoms with Crippen LogP contribution in [-0.2, 0) is 4.79 Å². The largest absolute Gasteiger partial charge is 0.349 e. The molecule has 0 heterocycles. The molecule has 2 aromatic carbocycles. The molecule has 0 bridgehead atoms. The maximum atomic E-state index is 13.8. The van der Waals surface area contributed by atoms with Gasteiger partial charge < -0.3 is 5.32 Å². The van der Waals surface area contributed by atoms with Gasteiger partial charge in [-0.1, -0.05) is 35.9 Å². The van der Waals surface area contributed by atoms with Gasteiger partial charge in [-0.25, -0.2) is 8.78 Å². The second kappa shape index (κ2) is 6.28. The molecule has 2 aromatic rings. The summed E-state index contributed by atoms with van der Waals surface area (Å²) < 4.78 is 26.7. The Balaban J connectivity index is 1.65. The van der Waals surface area contributed by atoms with Crippen molar-refractivity contribution in [3.8, 4) is 0 Å². The van der Waals surface area contributed by atoms with Gasteiger partial charge in [0, 0.05) is 22.6 Å². The van der Waals surface area contributed by atoms with Gasteiger partial charge >= 0.3 is 0 Å². The smallest absolute Gasteiger partial charge is 0.224 e. The standard InChI is InChI=1S/C18H16ClF2NO/c1-10(12-7-6-11(20)8-17(12)21)22-18(23)15-9-14(15)13-4-2-3-5-16(13)19/h2-8,10,14-15H,9H2,1H3,(H,22,23). The Kier molecular flexibility index (Phi) is 4.35. The molecule has 1 saturated carbocycles. The van der Waals surface area contributed by atoms with Crippen LogP contribution in [0.1, 0.15) is 36.4 Å². The van der Waals surface area contributed by atoms with Crippen molar-refractivity contribution in [1.82, 2.24) is 5.32 Å². The molecular weight excluding hydrogens is 320 g/mol. The van der Waals surface area contributed by atoms with E-state index in [9.17, 15) is 13.6 Å². The lowest BCUT2D eigenvalue weighted by Gasteiger charge is -2.15. The molecule has 0 aliphatic heterocycles. The third-order valence-corrected chi connectivity index (χ3v) is 4.56. The van der Waals surface area contributed by atoms with Crippen LogP contribution >= 0.6 is 11.6 Å². The van der Waals surface area contributed by atoms with Crippen molar-refractivity contribution in [2.45, 2.75) is 25.3 Å². The zero-order valence-corrected chi connectivity index (χ0v) is 13.3. The van der Waals surface area contributed by atoms with Gasteiger partial charge in [0.15, 0.2) is 0 Å². The summed E-state index contributed by atoms with van der Waals surface area (Å²) in [5, 5.41) is 3.45. The fourth-order valence-electron chi connectivity index (χ4n) is 2.86. The van der Waals surface area contributed by atoms with Crippen molar-refractivity contribution in [3.05, 3.63) is 70.2 Å². The normalized spacial score (nSPS) is 20.9. The first-order valence-electron chi connectivity index (χ1n) is 7.47. The Morgan fingerprint density at radius 2 is 2.00 bits per heavy atom. The molecular formula is C18H16ClF2NO. The van der Waals surface area contributed by atoms with Crippen LogP contribution in [0.25, 0.3) is 0 Å². The molecule has 0 saturated heterocycles. The van der Waals surface area contributed by atoms with E-state index in [4.69, 9.17) is 11.6 Å². The number of hydrogen-bond acceptors (Lipinski definition) is 1. The number of hydrogen-bond donors (Lipinski definition) is 1. The SMILES string of the molecule is CC(NC(=O)C1CC1c1ccccc1Cl)c1ccc(F)cc1F. The lowest BCUT2D eigenvalue weighted by Crippen LogP contribution is -2.29. The van der Waals surface area contributed by atoms with Gasteiger partial charge in [-0.15, -0.1) is 0 Å². The minimum atomic E-state index is -0.656. The van der Waals surface area contributed by atoms with Crippen LogP contribution in [0.4, 0.5) is 8.78 Å². The molecule has 2 nitrogen and oxygen atoms in total. The summed E-state index contributed by atoms with van der Waals surface area (Å²) in [6.07, 6.45) is 0.730. The summed E-state index contributed by atoms with van der Waals surface area (Å²) in [4.78, 5) is 12.3. The molecule has 3 atom stereocenters. The summed E-state index contributed by atoms with van der Waals surface area (Å²) in [6.45, 7) is 1.68. The molecule has 1 fully saturated rings. The minimum Gasteiger partial charge on any atom is -0.349 e. The van der Waals surface area contributed by atoms with Gasteiger partial charge in [-0.05, 0) is 37.0 Å². The molecule has 1 aliphatic rings. The summed E-state index contributed by atoms with van der Waals surface area (Å²) in [5.74, 6) is -1.47.